The van der Waals surface area contributed by atoms with Gasteiger partial charge in [-0.1, -0.05) is 12.1 Å². The summed E-state index contributed by atoms with van der Waals surface area (Å²) >= 11 is 2.35. The third-order valence-electron chi connectivity index (χ3n) is 4.22. The largest absolute Gasteiger partial charge is 0.312 e. The van der Waals surface area contributed by atoms with E-state index in [4.69, 9.17) is 0 Å². The summed E-state index contributed by atoms with van der Waals surface area (Å²) in [6.45, 7) is 2.18. The highest BCUT2D eigenvalue weighted by Gasteiger charge is 2.21. The summed E-state index contributed by atoms with van der Waals surface area (Å²) in [5.74, 6) is 0.875. The van der Waals surface area contributed by atoms with Crippen LogP contribution in [0.25, 0.3) is 0 Å². The molecule has 1 N–H and O–H groups in total. The van der Waals surface area contributed by atoms with Crippen molar-refractivity contribution in [1.29, 1.82) is 0 Å². The lowest BCUT2D eigenvalue weighted by atomic mass is 9.85. The zero-order valence-corrected chi connectivity index (χ0v) is 14.2. The molecule has 0 unspecified atom stereocenters. The Balaban J connectivity index is 1.65. The molecule has 19 heavy (non-hydrogen) atoms. The minimum absolute atomic E-state index is 0.812. The van der Waals surface area contributed by atoms with Crippen LogP contribution in [0.2, 0.25) is 0 Å². The number of rotatable bonds is 5. The van der Waals surface area contributed by atoms with Gasteiger partial charge in [0.1, 0.15) is 0 Å². The van der Waals surface area contributed by atoms with E-state index in [0.29, 0.717) is 0 Å². The van der Waals surface area contributed by atoms with E-state index >= 15 is 0 Å². The van der Waals surface area contributed by atoms with Gasteiger partial charge in [0.15, 0.2) is 0 Å². The van der Waals surface area contributed by atoms with Crippen LogP contribution >= 0.6 is 22.6 Å². The lowest BCUT2D eigenvalue weighted by molar-refractivity contribution is 0.191. The summed E-state index contributed by atoms with van der Waals surface area (Å²) in [7, 11) is 4.42. The first-order valence-corrected chi connectivity index (χ1v) is 8.34. The molecule has 0 heterocycles. The molecule has 106 valence electrons. The van der Waals surface area contributed by atoms with Gasteiger partial charge < -0.3 is 10.2 Å². The van der Waals surface area contributed by atoms with E-state index < -0.39 is 0 Å². The van der Waals surface area contributed by atoms with E-state index in [9.17, 15) is 0 Å². The van der Waals surface area contributed by atoms with Gasteiger partial charge in [0, 0.05) is 16.2 Å². The van der Waals surface area contributed by atoms with Crippen molar-refractivity contribution < 1.29 is 0 Å². The van der Waals surface area contributed by atoms with Crippen molar-refractivity contribution in [1.82, 2.24) is 10.2 Å². The first-order valence-electron chi connectivity index (χ1n) is 7.26. The van der Waals surface area contributed by atoms with Crippen LogP contribution in [0.4, 0.5) is 0 Å². The van der Waals surface area contributed by atoms with E-state index in [2.05, 4.69) is 71.2 Å². The number of nitrogens with one attached hydrogen (secondary N) is 1. The fourth-order valence-corrected chi connectivity index (χ4v) is 3.25. The maximum absolute atomic E-state index is 3.62. The van der Waals surface area contributed by atoms with Gasteiger partial charge in [-0.2, -0.15) is 0 Å². The molecule has 0 radical (unpaired) electrons. The first-order chi connectivity index (χ1) is 9.15. The fourth-order valence-electron chi connectivity index (χ4n) is 2.89. The molecular weight excluding hydrogens is 347 g/mol. The lowest BCUT2D eigenvalue weighted by Crippen LogP contribution is -2.34. The van der Waals surface area contributed by atoms with Crippen LogP contribution in [0.5, 0.6) is 0 Å². The highest BCUT2D eigenvalue weighted by atomic mass is 127. The number of hydrogen-bond donors (Lipinski definition) is 1. The van der Waals surface area contributed by atoms with Crippen LogP contribution < -0.4 is 5.32 Å². The van der Waals surface area contributed by atoms with Crippen LogP contribution in [-0.2, 0) is 6.54 Å². The van der Waals surface area contributed by atoms with Crippen LogP contribution in [0.3, 0.4) is 0 Å². The smallest absolute Gasteiger partial charge is 0.0205 e. The molecule has 0 amide bonds. The average Bonchev–Trinajstić information content (AvgIpc) is 2.41. The predicted molar refractivity (Wildman–Crippen MR) is 90.3 cm³/mol. The maximum Gasteiger partial charge on any atom is 0.0205 e. The standard InChI is InChI=1S/C16H25IN2/c1-19(2)16-9-5-14(6-10-16)12-18-11-13-3-7-15(17)8-4-13/h3-4,7-8,14,16,18H,5-6,9-12H2,1-2H3. The Morgan fingerprint density at radius 1 is 1.11 bits per heavy atom. The lowest BCUT2D eigenvalue weighted by Gasteiger charge is -2.32. The highest BCUT2D eigenvalue weighted by Crippen LogP contribution is 2.26. The van der Waals surface area contributed by atoms with Gasteiger partial charge in [0.2, 0.25) is 0 Å². The molecule has 1 aromatic rings. The molecule has 2 rings (SSSR count). The van der Waals surface area contributed by atoms with Gasteiger partial charge in [0.05, 0.1) is 0 Å². The zero-order valence-electron chi connectivity index (χ0n) is 12.0. The minimum Gasteiger partial charge on any atom is -0.312 e. The molecule has 3 heteroatoms. The van der Waals surface area contributed by atoms with Crippen LogP contribution in [0.15, 0.2) is 24.3 Å². The van der Waals surface area contributed by atoms with Gasteiger partial charge in [-0.05, 0) is 92.5 Å². The van der Waals surface area contributed by atoms with Gasteiger partial charge in [-0.25, -0.2) is 0 Å². The van der Waals surface area contributed by atoms with Gasteiger partial charge in [-0.15, -0.1) is 0 Å². The van der Waals surface area contributed by atoms with Crippen molar-refractivity contribution in [3.63, 3.8) is 0 Å². The van der Waals surface area contributed by atoms with E-state index in [0.717, 1.165) is 18.5 Å². The monoisotopic (exact) mass is 372 g/mol. The summed E-state index contributed by atoms with van der Waals surface area (Å²) < 4.78 is 1.31. The quantitative estimate of drug-likeness (QED) is 0.796. The van der Waals surface area contributed by atoms with Gasteiger partial charge in [-0.3, -0.25) is 0 Å². The molecule has 0 saturated heterocycles. The summed E-state index contributed by atoms with van der Waals surface area (Å²) in [4.78, 5) is 2.38. The Morgan fingerprint density at radius 2 is 1.74 bits per heavy atom. The van der Waals surface area contributed by atoms with Crippen LogP contribution in [0, 0.1) is 9.49 Å². The second-order valence-corrected chi connectivity index (χ2v) is 7.14. The summed E-state index contributed by atoms with van der Waals surface area (Å²) in [5.41, 5.74) is 1.39. The number of halogens is 1. The van der Waals surface area contributed by atoms with Crippen molar-refractivity contribution in [2.75, 3.05) is 20.6 Å². The minimum atomic E-state index is 0.812. The Bertz CT molecular complexity index is 367. The van der Waals surface area contributed by atoms with E-state index in [1.165, 1.54) is 41.4 Å². The molecule has 0 spiro atoms. The van der Waals surface area contributed by atoms with Gasteiger partial charge >= 0.3 is 0 Å². The SMILES string of the molecule is CN(C)C1CCC(CNCc2ccc(I)cc2)CC1. The molecule has 1 aliphatic rings. The Hall–Kier alpha value is -0.130. The Labute approximate surface area is 131 Å². The topological polar surface area (TPSA) is 15.3 Å². The third-order valence-corrected chi connectivity index (χ3v) is 4.94. The summed E-state index contributed by atoms with van der Waals surface area (Å²) in [6.07, 6.45) is 5.48. The maximum atomic E-state index is 3.62. The Morgan fingerprint density at radius 3 is 2.32 bits per heavy atom. The van der Waals surface area contributed by atoms with E-state index in [1.54, 1.807) is 0 Å². The average molecular weight is 372 g/mol. The van der Waals surface area contributed by atoms with Crippen molar-refractivity contribution in [3.8, 4) is 0 Å². The zero-order chi connectivity index (χ0) is 13.7. The Kier molecular flexibility index (Phi) is 6.10. The molecule has 0 atom stereocenters. The molecule has 0 aliphatic heterocycles. The van der Waals surface area contributed by atoms with Crippen LogP contribution in [0.1, 0.15) is 31.2 Å². The molecule has 0 aromatic heterocycles. The summed E-state index contributed by atoms with van der Waals surface area (Å²) in [6, 6.07) is 9.61. The van der Waals surface area contributed by atoms with Crippen molar-refractivity contribution in [3.05, 3.63) is 33.4 Å². The van der Waals surface area contributed by atoms with Gasteiger partial charge in [0.25, 0.3) is 0 Å². The number of nitrogens with zero attached hydrogens (tertiary/aromatic N) is 1. The summed E-state index contributed by atoms with van der Waals surface area (Å²) in [5, 5.41) is 3.62. The van der Waals surface area contributed by atoms with Crippen molar-refractivity contribution >= 4 is 22.6 Å². The normalized spacial score (nSPS) is 23.8. The molecule has 1 fully saturated rings. The molecule has 1 aromatic carbocycles. The fraction of sp³-hybridized carbons (Fsp3) is 0.625. The predicted octanol–water partition coefficient (Wildman–Crippen LogP) is 3.50. The first kappa shape index (κ1) is 15.3. The number of hydrogen-bond acceptors (Lipinski definition) is 2. The molecule has 1 aliphatic carbocycles. The second kappa shape index (κ2) is 7.60. The van der Waals surface area contributed by atoms with Crippen molar-refractivity contribution in [2.24, 2.45) is 5.92 Å². The highest BCUT2D eigenvalue weighted by molar-refractivity contribution is 14.1. The van der Waals surface area contributed by atoms with E-state index in [1.807, 2.05) is 0 Å². The van der Waals surface area contributed by atoms with Crippen molar-refractivity contribution in [2.45, 2.75) is 38.3 Å². The molecular formula is C16H25IN2. The van der Waals surface area contributed by atoms with E-state index in [-0.39, 0.29) is 0 Å². The number of benzene rings is 1. The molecule has 1 saturated carbocycles. The molecule has 2 nitrogen and oxygen atoms in total. The second-order valence-electron chi connectivity index (χ2n) is 5.90. The molecule has 0 bridgehead atoms. The third kappa shape index (κ3) is 5.04. The van der Waals surface area contributed by atoms with Crippen LogP contribution in [-0.4, -0.2) is 31.6 Å².